The lowest BCUT2D eigenvalue weighted by Crippen LogP contribution is -2.31. The van der Waals surface area contributed by atoms with Gasteiger partial charge < -0.3 is 29.6 Å². The van der Waals surface area contributed by atoms with Crippen LogP contribution in [0.5, 0.6) is 34.9 Å². The van der Waals surface area contributed by atoms with Crippen molar-refractivity contribution in [1.29, 1.82) is 0 Å². The van der Waals surface area contributed by atoms with Crippen LogP contribution in [0.4, 0.5) is 21.0 Å². The molecule has 0 saturated carbocycles. The van der Waals surface area contributed by atoms with Gasteiger partial charge in [0, 0.05) is 18.2 Å². The molecule has 2 atom stereocenters. The average molecular weight is 698 g/mol. The van der Waals surface area contributed by atoms with E-state index >= 15 is 0 Å². The predicted octanol–water partition coefficient (Wildman–Crippen LogP) is 5.84. The Labute approximate surface area is 294 Å². The van der Waals surface area contributed by atoms with Crippen LogP contribution in [0, 0.1) is 13.8 Å². The highest BCUT2D eigenvalue weighted by Crippen LogP contribution is 2.30. The van der Waals surface area contributed by atoms with Crippen LogP contribution in [0.3, 0.4) is 0 Å². The standard InChI is InChI=1S/C18H20N4O4.C18H19N3O4/c1-4-14-16(23)22(18(24)21-14)12-9-19-17(20-10-12)26-13-7-6-11(3)15(8-13)25-5-2;1-4-14-17(22)21(18(23)20-14)12-6-8-16(19-10-12)25-13-7-5-11(2)15(9-13)24-3/h6-10,14H,4-5H2,1-3H3,(H,21,24);5-10,14H,4H2,1-3H3,(H,20,23)/t2*14-/m11/s1. The molecule has 6 rings (SSSR count). The Bertz CT molecular complexity index is 1900. The van der Waals surface area contributed by atoms with Crippen molar-refractivity contribution in [3.05, 3.63) is 78.2 Å². The lowest BCUT2D eigenvalue weighted by atomic mass is 10.2. The maximum absolute atomic E-state index is 12.2. The number of nitrogens with one attached hydrogen (secondary N) is 2. The zero-order chi connectivity index (χ0) is 36.7. The highest BCUT2D eigenvalue weighted by molar-refractivity contribution is 6.21. The van der Waals surface area contributed by atoms with Crippen LogP contribution < -0.4 is 39.4 Å². The molecule has 0 spiro atoms. The number of hydrogen-bond acceptors (Lipinski definition) is 11. The van der Waals surface area contributed by atoms with Gasteiger partial charge in [0.1, 0.15) is 35.1 Å². The van der Waals surface area contributed by atoms with Gasteiger partial charge in [0.2, 0.25) is 5.88 Å². The van der Waals surface area contributed by atoms with Gasteiger partial charge in [-0.2, -0.15) is 0 Å². The van der Waals surface area contributed by atoms with Gasteiger partial charge in [-0.05, 0) is 62.9 Å². The molecule has 0 bridgehead atoms. The van der Waals surface area contributed by atoms with Crippen LogP contribution in [0.15, 0.2) is 67.1 Å². The summed E-state index contributed by atoms with van der Waals surface area (Å²) in [7, 11) is 1.60. The van der Waals surface area contributed by atoms with Gasteiger partial charge in [-0.3, -0.25) is 9.59 Å². The Hall–Kier alpha value is -6.25. The summed E-state index contributed by atoms with van der Waals surface area (Å²) in [5.74, 6) is 2.34. The normalized spacial score (nSPS) is 16.7. The molecular formula is C36H39N7O8. The molecule has 2 aromatic carbocycles. The second-order valence-corrected chi connectivity index (χ2v) is 11.4. The third kappa shape index (κ3) is 8.15. The first-order valence-electron chi connectivity index (χ1n) is 16.4. The molecule has 4 aromatic rings. The Morgan fingerprint density at radius 2 is 1.20 bits per heavy atom. The minimum absolute atomic E-state index is 0.110. The predicted molar refractivity (Wildman–Crippen MR) is 187 cm³/mol. The smallest absolute Gasteiger partial charge is 0.329 e. The fraction of sp³-hybridized carbons (Fsp3) is 0.306. The maximum atomic E-state index is 12.2. The van der Waals surface area contributed by atoms with Gasteiger partial charge in [0.05, 0.1) is 43.7 Å². The number of carbonyl (C=O) groups excluding carboxylic acids is 4. The van der Waals surface area contributed by atoms with Crippen molar-refractivity contribution in [2.75, 3.05) is 23.5 Å². The topological polar surface area (TPSA) is 174 Å². The maximum Gasteiger partial charge on any atom is 0.329 e. The molecule has 6 amide bonds. The van der Waals surface area contributed by atoms with Gasteiger partial charge in [-0.25, -0.2) is 34.3 Å². The number of ether oxygens (including phenoxy) is 4. The van der Waals surface area contributed by atoms with Crippen LogP contribution in [-0.2, 0) is 9.59 Å². The fourth-order valence-corrected chi connectivity index (χ4v) is 5.19. The molecular weight excluding hydrogens is 658 g/mol. The van der Waals surface area contributed by atoms with Crippen molar-refractivity contribution < 1.29 is 38.1 Å². The summed E-state index contributed by atoms with van der Waals surface area (Å²) in [4.78, 5) is 62.8. The van der Waals surface area contributed by atoms with Crippen molar-refractivity contribution in [3.8, 4) is 34.9 Å². The number of aromatic nitrogens is 3. The number of nitrogens with zero attached hydrogens (tertiary/aromatic N) is 5. The SMILES string of the molecule is CCOc1cc(Oc2ncc(N3C(=O)N[C@H](CC)C3=O)cn2)ccc1C.CC[C@H]1NC(=O)N(c2ccc(Oc3ccc(C)c(OC)c3)nc2)C1=O. The quantitative estimate of drug-likeness (QED) is 0.180. The number of benzene rings is 2. The Kier molecular flexibility index (Phi) is 11.3. The second kappa shape index (κ2) is 16.0. The fourth-order valence-electron chi connectivity index (χ4n) is 5.19. The lowest BCUT2D eigenvalue weighted by molar-refractivity contribution is -0.119. The average Bonchev–Trinajstić information content (AvgIpc) is 3.59. The van der Waals surface area contributed by atoms with E-state index < -0.39 is 24.1 Å². The van der Waals surface area contributed by atoms with E-state index in [1.54, 1.807) is 37.4 Å². The molecule has 0 unspecified atom stereocenters. The van der Waals surface area contributed by atoms with Crippen molar-refractivity contribution in [3.63, 3.8) is 0 Å². The summed E-state index contributed by atoms with van der Waals surface area (Å²) in [5, 5.41) is 5.26. The number of aryl methyl sites for hydroxylation is 2. The zero-order valence-electron chi connectivity index (χ0n) is 29.1. The van der Waals surface area contributed by atoms with E-state index in [1.807, 2.05) is 52.8 Å². The largest absolute Gasteiger partial charge is 0.496 e. The summed E-state index contributed by atoms with van der Waals surface area (Å²) in [5.41, 5.74) is 2.71. The van der Waals surface area contributed by atoms with Crippen LogP contribution in [-0.4, -0.2) is 64.6 Å². The van der Waals surface area contributed by atoms with E-state index in [1.165, 1.54) is 18.6 Å². The number of urea groups is 2. The summed E-state index contributed by atoms with van der Waals surface area (Å²) < 4.78 is 22.1. The van der Waals surface area contributed by atoms with Gasteiger partial charge in [-0.15, -0.1) is 0 Å². The molecule has 2 aromatic heterocycles. The van der Waals surface area contributed by atoms with E-state index in [2.05, 4.69) is 25.6 Å². The first-order valence-corrected chi connectivity index (χ1v) is 16.4. The second-order valence-electron chi connectivity index (χ2n) is 11.4. The molecule has 15 nitrogen and oxygen atoms in total. The first kappa shape index (κ1) is 36.0. The van der Waals surface area contributed by atoms with Crippen molar-refractivity contribution >= 4 is 35.3 Å². The van der Waals surface area contributed by atoms with Crippen LogP contribution in [0.25, 0.3) is 0 Å². The van der Waals surface area contributed by atoms with Gasteiger partial charge in [0.15, 0.2) is 0 Å². The van der Waals surface area contributed by atoms with Crippen molar-refractivity contribution in [1.82, 2.24) is 25.6 Å². The number of anilines is 2. The highest BCUT2D eigenvalue weighted by Gasteiger charge is 2.39. The molecule has 2 aliphatic rings. The Morgan fingerprint density at radius 1 is 0.667 bits per heavy atom. The van der Waals surface area contributed by atoms with Crippen molar-refractivity contribution in [2.45, 2.75) is 59.5 Å². The number of carbonyl (C=O) groups is 4. The Balaban J connectivity index is 0.000000198. The number of rotatable bonds is 11. The molecule has 2 N–H and O–H groups in total. The summed E-state index contributed by atoms with van der Waals surface area (Å²) in [6.07, 6.45) is 5.28. The summed E-state index contributed by atoms with van der Waals surface area (Å²) >= 11 is 0. The third-order valence-electron chi connectivity index (χ3n) is 7.98. The molecule has 2 aliphatic heterocycles. The van der Waals surface area contributed by atoms with Gasteiger partial charge in [-0.1, -0.05) is 26.0 Å². The van der Waals surface area contributed by atoms with E-state index in [-0.39, 0.29) is 17.8 Å². The molecule has 0 aliphatic carbocycles. The number of methoxy groups -OCH3 is 1. The molecule has 2 fully saturated rings. The molecule has 266 valence electrons. The molecule has 51 heavy (non-hydrogen) atoms. The monoisotopic (exact) mass is 697 g/mol. The minimum atomic E-state index is -0.511. The Morgan fingerprint density at radius 3 is 1.71 bits per heavy atom. The highest BCUT2D eigenvalue weighted by atomic mass is 16.5. The van der Waals surface area contributed by atoms with Crippen LogP contribution in [0.1, 0.15) is 44.7 Å². The van der Waals surface area contributed by atoms with E-state index in [0.717, 1.165) is 32.4 Å². The molecule has 4 heterocycles. The number of imide groups is 2. The zero-order valence-corrected chi connectivity index (χ0v) is 29.1. The molecule has 2 saturated heterocycles. The third-order valence-corrected chi connectivity index (χ3v) is 7.98. The number of hydrogen-bond donors (Lipinski definition) is 2. The van der Waals surface area contributed by atoms with Crippen LogP contribution in [0.2, 0.25) is 0 Å². The van der Waals surface area contributed by atoms with Gasteiger partial charge in [0.25, 0.3) is 11.8 Å². The summed E-state index contributed by atoms with van der Waals surface area (Å²) in [6.45, 7) is 10.0. The van der Waals surface area contributed by atoms with E-state index in [0.29, 0.717) is 48.2 Å². The van der Waals surface area contributed by atoms with Crippen LogP contribution >= 0.6 is 0 Å². The first-order chi connectivity index (χ1) is 24.6. The molecule has 15 heteroatoms. The molecule has 0 radical (unpaired) electrons. The van der Waals surface area contributed by atoms with Crippen molar-refractivity contribution in [2.24, 2.45) is 0 Å². The number of amides is 6. The van der Waals surface area contributed by atoms with E-state index in [4.69, 9.17) is 18.9 Å². The number of pyridine rings is 1. The lowest BCUT2D eigenvalue weighted by Gasteiger charge is -2.13. The summed E-state index contributed by atoms with van der Waals surface area (Å²) in [6, 6.07) is 12.4. The van der Waals surface area contributed by atoms with E-state index in [9.17, 15) is 19.2 Å². The minimum Gasteiger partial charge on any atom is -0.496 e. The van der Waals surface area contributed by atoms with Gasteiger partial charge >= 0.3 is 18.1 Å².